The highest BCUT2D eigenvalue weighted by Crippen LogP contribution is 2.43. The zero-order chi connectivity index (χ0) is 15.0. The van der Waals surface area contributed by atoms with Gasteiger partial charge in [-0.2, -0.15) is 5.46 Å². The molecule has 0 unspecified atom stereocenters. The van der Waals surface area contributed by atoms with Crippen LogP contribution in [0.3, 0.4) is 0 Å². The Morgan fingerprint density at radius 1 is 1.00 bits per heavy atom. The molecule has 1 aliphatic rings. The van der Waals surface area contributed by atoms with Crippen LogP contribution in [0.15, 0.2) is 28.7 Å². The highest BCUT2D eigenvalue weighted by atomic mass is 79.9. The van der Waals surface area contributed by atoms with Crippen LogP contribution in [0.2, 0.25) is 6.32 Å². The van der Waals surface area contributed by atoms with E-state index in [1.54, 1.807) is 0 Å². The molecule has 1 fully saturated rings. The summed E-state index contributed by atoms with van der Waals surface area (Å²) in [6.07, 6.45) is 3.21. The Kier molecular flexibility index (Phi) is 4.39. The molecule has 0 atom stereocenters. The summed E-state index contributed by atoms with van der Waals surface area (Å²) in [4.78, 5) is 0. The third kappa shape index (κ3) is 2.83. The molecular weight excluding hydrogens is 315 g/mol. The zero-order valence-corrected chi connectivity index (χ0v) is 14.8. The van der Waals surface area contributed by atoms with E-state index in [1.807, 2.05) is 0 Å². The van der Waals surface area contributed by atoms with Crippen molar-refractivity contribution in [3.63, 3.8) is 0 Å². The Labute approximate surface area is 131 Å². The predicted molar refractivity (Wildman–Crippen MR) is 89.6 cm³/mol. The fourth-order valence-corrected chi connectivity index (χ4v) is 3.17. The van der Waals surface area contributed by atoms with Gasteiger partial charge < -0.3 is 9.31 Å². The van der Waals surface area contributed by atoms with E-state index < -0.39 is 6.55 Å². The largest absolute Gasteiger partial charge is 0.558 e. The SMILES string of the molecule is CCCC[B-]1(c2ccc(Br)cc2)OC(C)(C)C(C)(C)O1. The Morgan fingerprint density at radius 2 is 1.50 bits per heavy atom. The van der Waals surface area contributed by atoms with Crippen molar-refractivity contribution in [2.75, 3.05) is 0 Å². The van der Waals surface area contributed by atoms with Gasteiger partial charge in [-0.1, -0.05) is 60.0 Å². The van der Waals surface area contributed by atoms with Crippen LogP contribution >= 0.6 is 15.9 Å². The molecule has 0 N–H and O–H groups in total. The first kappa shape index (κ1) is 16.1. The summed E-state index contributed by atoms with van der Waals surface area (Å²) in [5.74, 6) is 0. The van der Waals surface area contributed by atoms with Gasteiger partial charge in [-0.05, 0) is 27.7 Å². The van der Waals surface area contributed by atoms with Crippen LogP contribution in [0, 0.1) is 0 Å². The Hall–Kier alpha value is -0.315. The molecule has 1 aliphatic heterocycles. The lowest BCUT2D eigenvalue weighted by molar-refractivity contribution is 0.00578. The van der Waals surface area contributed by atoms with Gasteiger partial charge >= 0.3 is 0 Å². The smallest absolute Gasteiger partial charge is 0.270 e. The highest BCUT2D eigenvalue weighted by Gasteiger charge is 2.51. The molecule has 4 heteroatoms. The number of benzene rings is 1. The van der Waals surface area contributed by atoms with Gasteiger partial charge in [0.25, 0.3) is 6.55 Å². The summed E-state index contributed by atoms with van der Waals surface area (Å²) in [5.41, 5.74) is 0.599. The fraction of sp³-hybridized carbons (Fsp3) is 0.625. The number of hydrogen-bond acceptors (Lipinski definition) is 2. The Morgan fingerprint density at radius 3 is 1.95 bits per heavy atom. The van der Waals surface area contributed by atoms with Crippen molar-refractivity contribution in [2.45, 2.75) is 65.0 Å². The second-order valence-electron chi connectivity index (χ2n) is 6.82. The first-order chi connectivity index (χ1) is 9.22. The summed E-state index contributed by atoms with van der Waals surface area (Å²) in [6.45, 7) is 9.31. The van der Waals surface area contributed by atoms with E-state index in [4.69, 9.17) is 9.31 Å². The van der Waals surface area contributed by atoms with Crippen LogP contribution in [0.1, 0.15) is 47.5 Å². The van der Waals surface area contributed by atoms with Crippen LogP contribution in [0.4, 0.5) is 0 Å². The normalized spacial score (nSPS) is 22.9. The molecule has 112 valence electrons. The molecule has 0 aliphatic carbocycles. The number of hydrogen-bond donors (Lipinski definition) is 0. The minimum atomic E-state index is -1.40. The summed E-state index contributed by atoms with van der Waals surface area (Å²) < 4.78 is 14.1. The van der Waals surface area contributed by atoms with Crippen molar-refractivity contribution < 1.29 is 9.31 Å². The number of rotatable bonds is 4. The van der Waals surface area contributed by atoms with E-state index in [9.17, 15) is 0 Å². The first-order valence-corrected chi connectivity index (χ1v) is 8.34. The summed E-state index contributed by atoms with van der Waals surface area (Å²) >= 11 is 3.49. The molecule has 2 rings (SSSR count). The third-order valence-electron chi connectivity index (χ3n) is 4.74. The molecule has 20 heavy (non-hydrogen) atoms. The van der Waals surface area contributed by atoms with Crippen molar-refractivity contribution in [2.24, 2.45) is 0 Å². The Balaban J connectivity index is 2.40. The van der Waals surface area contributed by atoms with E-state index in [0.29, 0.717) is 0 Å². The van der Waals surface area contributed by atoms with E-state index in [1.165, 1.54) is 5.46 Å². The number of unbranched alkanes of at least 4 members (excludes halogenated alkanes) is 1. The van der Waals surface area contributed by atoms with Crippen molar-refractivity contribution in [1.82, 2.24) is 0 Å². The quantitative estimate of drug-likeness (QED) is 0.752. The molecule has 2 nitrogen and oxygen atoms in total. The van der Waals surface area contributed by atoms with Gasteiger partial charge in [-0.15, -0.1) is 6.32 Å². The van der Waals surface area contributed by atoms with Crippen LogP contribution < -0.4 is 5.46 Å². The maximum atomic E-state index is 6.50. The first-order valence-electron chi connectivity index (χ1n) is 7.54. The van der Waals surface area contributed by atoms with Crippen molar-refractivity contribution in [3.8, 4) is 0 Å². The Bertz CT molecular complexity index is 452. The molecule has 0 bridgehead atoms. The van der Waals surface area contributed by atoms with Crippen molar-refractivity contribution in [3.05, 3.63) is 28.7 Å². The second kappa shape index (κ2) is 5.47. The highest BCUT2D eigenvalue weighted by molar-refractivity contribution is 9.10. The molecule has 1 aromatic rings. The predicted octanol–water partition coefficient (Wildman–Crippen LogP) is 4.50. The lowest BCUT2D eigenvalue weighted by atomic mass is 9.48. The van der Waals surface area contributed by atoms with Crippen molar-refractivity contribution >= 4 is 27.9 Å². The van der Waals surface area contributed by atoms with Gasteiger partial charge in [-0.3, -0.25) is 0 Å². The molecule has 0 saturated carbocycles. The summed E-state index contributed by atoms with van der Waals surface area (Å²) in [6, 6.07) is 8.38. The lowest BCUT2D eigenvalue weighted by Gasteiger charge is -2.38. The van der Waals surface area contributed by atoms with E-state index >= 15 is 0 Å². The van der Waals surface area contributed by atoms with Crippen LogP contribution in [0.5, 0.6) is 0 Å². The average Bonchev–Trinajstić information content (AvgIpc) is 2.54. The summed E-state index contributed by atoms with van der Waals surface area (Å²) in [5, 5.41) is 0. The topological polar surface area (TPSA) is 18.5 Å². The number of halogens is 1. The average molecular weight is 340 g/mol. The molecule has 1 aromatic carbocycles. The molecule has 0 radical (unpaired) electrons. The third-order valence-corrected chi connectivity index (χ3v) is 5.26. The van der Waals surface area contributed by atoms with Gasteiger partial charge in [-0.25, -0.2) is 0 Å². The maximum absolute atomic E-state index is 6.50. The van der Waals surface area contributed by atoms with Crippen molar-refractivity contribution in [1.29, 1.82) is 0 Å². The standard InChI is InChI=1S/C16H25BBrO2/c1-6-7-12-17(13-8-10-14(18)11-9-13)19-15(2,3)16(4,5)20-17/h8-11H,6-7,12H2,1-5H3/q-1. The second-order valence-corrected chi connectivity index (χ2v) is 7.74. The van der Waals surface area contributed by atoms with Crippen LogP contribution in [-0.2, 0) is 9.31 Å². The molecule has 0 aromatic heterocycles. The summed E-state index contributed by atoms with van der Waals surface area (Å²) in [7, 11) is 0. The minimum absolute atomic E-state index is 0.284. The molecule has 1 saturated heterocycles. The molecule has 0 amide bonds. The molecular formula is C16H25BBrO2-. The van der Waals surface area contributed by atoms with Crippen LogP contribution in [-0.4, -0.2) is 17.8 Å². The van der Waals surface area contributed by atoms with Gasteiger partial charge in [0, 0.05) is 15.7 Å². The van der Waals surface area contributed by atoms with Gasteiger partial charge in [0.15, 0.2) is 0 Å². The minimum Gasteiger partial charge on any atom is -0.558 e. The van der Waals surface area contributed by atoms with Crippen LogP contribution in [0.25, 0.3) is 0 Å². The van der Waals surface area contributed by atoms with Gasteiger partial charge in [0.2, 0.25) is 0 Å². The van der Waals surface area contributed by atoms with Gasteiger partial charge in [0.05, 0.1) is 0 Å². The fourth-order valence-electron chi connectivity index (χ4n) is 2.91. The molecule has 0 spiro atoms. The van der Waals surface area contributed by atoms with E-state index in [-0.39, 0.29) is 11.2 Å². The maximum Gasteiger partial charge on any atom is 0.270 e. The monoisotopic (exact) mass is 339 g/mol. The lowest BCUT2D eigenvalue weighted by Crippen LogP contribution is -2.51. The van der Waals surface area contributed by atoms with Gasteiger partial charge in [0.1, 0.15) is 0 Å². The molecule has 1 heterocycles. The van der Waals surface area contributed by atoms with E-state index in [0.717, 1.165) is 23.6 Å². The zero-order valence-electron chi connectivity index (χ0n) is 13.2. The van der Waals surface area contributed by atoms with E-state index in [2.05, 4.69) is 74.8 Å².